The number of ether oxygens (including phenoxy) is 3. The minimum atomic E-state index is 0.329. The van der Waals surface area contributed by atoms with Crippen molar-refractivity contribution in [1.82, 2.24) is 19.6 Å². The third-order valence-electron chi connectivity index (χ3n) is 5.35. The van der Waals surface area contributed by atoms with Crippen LogP contribution in [0.2, 0.25) is 0 Å². The molecule has 4 aromatic rings. The summed E-state index contributed by atoms with van der Waals surface area (Å²) in [4.78, 5) is 11.6. The van der Waals surface area contributed by atoms with Gasteiger partial charge < -0.3 is 19.1 Å². The predicted octanol–water partition coefficient (Wildman–Crippen LogP) is 5.29. The summed E-state index contributed by atoms with van der Waals surface area (Å²) in [5.74, 6) is 2.33. The van der Waals surface area contributed by atoms with E-state index in [1.54, 1.807) is 18.7 Å². The Morgan fingerprint density at radius 1 is 0.882 bits per heavy atom. The zero-order chi connectivity index (χ0) is 23.9. The average Bonchev–Trinajstić information content (AvgIpc) is 3.24. The molecule has 0 N–H and O–H groups in total. The Morgan fingerprint density at radius 2 is 1.47 bits per heavy atom. The molecule has 0 aliphatic heterocycles. The fourth-order valence-corrected chi connectivity index (χ4v) is 3.88. The third kappa shape index (κ3) is 5.77. The largest absolute Gasteiger partial charge is 0.497 e. The molecule has 0 saturated carbocycles. The van der Waals surface area contributed by atoms with Crippen LogP contribution in [0.25, 0.3) is 5.65 Å². The molecule has 178 valence electrons. The molecule has 2 aromatic heterocycles. The highest BCUT2D eigenvalue weighted by molar-refractivity contribution is 9.10. The molecule has 0 bridgehead atoms. The average molecular weight is 526 g/mol. The summed E-state index contributed by atoms with van der Waals surface area (Å²) < 4.78 is 18.9. The number of rotatable bonds is 11. The van der Waals surface area contributed by atoms with Gasteiger partial charge in [-0.15, -0.1) is 5.10 Å². The maximum Gasteiger partial charge on any atom is 0.336 e. The van der Waals surface area contributed by atoms with Gasteiger partial charge in [-0.3, -0.25) is 0 Å². The van der Waals surface area contributed by atoms with Crippen LogP contribution in [0.5, 0.6) is 17.5 Å². The molecule has 4 rings (SSSR count). The number of aromatic nitrogens is 4. The lowest BCUT2D eigenvalue weighted by Crippen LogP contribution is -2.25. The van der Waals surface area contributed by atoms with Gasteiger partial charge in [0, 0.05) is 13.1 Å². The first kappa shape index (κ1) is 23.8. The van der Waals surface area contributed by atoms with Crippen molar-refractivity contribution in [3.05, 3.63) is 70.5 Å². The summed E-state index contributed by atoms with van der Waals surface area (Å²) in [5.41, 5.74) is 2.88. The fourth-order valence-electron chi connectivity index (χ4n) is 3.52. The zero-order valence-corrected chi connectivity index (χ0v) is 21.2. The lowest BCUT2D eigenvalue weighted by atomic mass is 10.1. The molecule has 0 saturated heterocycles. The second-order valence-corrected chi connectivity index (χ2v) is 8.62. The smallest absolute Gasteiger partial charge is 0.336 e. The highest BCUT2D eigenvalue weighted by atomic mass is 79.9. The molecule has 0 atom stereocenters. The first-order chi connectivity index (χ1) is 16.6. The van der Waals surface area contributed by atoms with Crippen molar-refractivity contribution in [2.24, 2.45) is 0 Å². The molecule has 0 radical (unpaired) electrons. The maximum absolute atomic E-state index is 5.87. The minimum Gasteiger partial charge on any atom is -0.497 e. The van der Waals surface area contributed by atoms with E-state index in [1.807, 2.05) is 30.5 Å². The molecule has 8 nitrogen and oxygen atoms in total. The van der Waals surface area contributed by atoms with E-state index in [-0.39, 0.29) is 0 Å². The second-order valence-electron chi connectivity index (χ2n) is 7.80. The van der Waals surface area contributed by atoms with E-state index in [0.29, 0.717) is 41.8 Å². The fraction of sp³-hybridized carbons (Fsp3) is 0.320. The quantitative estimate of drug-likeness (QED) is 0.246. The van der Waals surface area contributed by atoms with Crippen molar-refractivity contribution in [2.75, 3.05) is 25.7 Å². The minimum absolute atomic E-state index is 0.329. The van der Waals surface area contributed by atoms with Gasteiger partial charge in [0.2, 0.25) is 0 Å². The summed E-state index contributed by atoms with van der Waals surface area (Å²) in [6.07, 6.45) is 3.78. The highest BCUT2D eigenvalue weighted by Gasteiger charge is 2.19. The van der Waals surface area contributed by atoms with Crippen molar-refractivity contribution < 1.29 is 14.2 Å². The molecular formula is C25H28BrN5O3. The zero-order valence-electron chi connectivity index (χ0n) is 19.6. The molecule has 9 heteroatoms. The van der Waals surface area contributed by atoms with Gasteiger partial charge in [0.05, 0.1) is 27.0 Å². The summed E-state index contributed by atoms with van der Waals surface area (Å²) in [6.45, 7) is 3.91. The van der Waals surface area contributed by atoms with Gasteiger partial charge in [0.1, 0.15) is 16.1 Å². The van der Waals surface area contributed by atoms with Crippen LogP contribution in [0.3, 0.4) is 0 Å². The predicted molar refractivity (Wildman–Crippen MR) is 135 cm³/mol. The highest BCUT2D eigenvalue weighted by Crippen LogP contribution is 2.27. The molecule has 0 spiro atoms. The van der Waals surface area contributed by atoms with Crippen molar-refractivity contribution in [1.29, 1.82) is 0 Å². The molecular weight excluding hydrogens is 498 g/mol. The SMILES string of the molecule is CCCCOc1nc(N(Cc2ccc(OC)cc2)Cc2ccc(OC)cc2)c2nc(Br)cn2n1. The van der Waals surface area contributed by atoms with Crippen molar-refractivity contribution in [3.63, 3.8) is 0 Å². The van der Waals surface area contributed by atoms with E-state index in [4.69, 9.17) is 19.2 Å². The van der Waals surface area contributed by atoms with Gasteiger partial charge in [0.25, 0.3) is 0 Å². The molecule has 0 aliphatic carbocycles. The number of anilines is 1. The van der Waals surface area contributed by atoms with Crippen molar-refractivity contribution >= 4 is 27.4 Å². The molecule has 0 aliphatic rings. The summed E-state index contributed by atoms with van der Waals surface area (Å²) >= 11 is 3.47. The maximum atomic E-state index is 5.87. The molecule has 34 heavy (non-hydrogen) atoms. The van der Waals surface area contributed by atoms with Gasteiger partial charge in [-0.2, -0.15) is 4.98 Å². The Morgan fingerprint density at radius 3 is 2.00 bits per heavy atom. The van der Waals surface area contributed by atoms with Crippen LogP contribution in [0.1, 0.15) is 30.9 Å². The van der Waals surface area contributed by atoms with E-state index >= 15 is 0 Å². The van der Waals surface area contributed by atoms with Crippen LogP contribution < -0.4 is 19.1 Å². The number of nitrogens with zero attached hydrogens (tertiary/aromatic N) is 5. The molecule has 2 heterocycles. The number of imidazole rings is 1. The Bertz CT molecular complexity index is 1160. The number of hydrogen-bond donors (Lipinski definition) is 0. The number of methoxy groups -OCH3 is 2. The van der Waals surface area contributed by atoms with Crippen LogP contribution in [-0.2, 0) is 13.1 Å². The lowest BCUT2D eigenvalue weighted by molar-refractivity contribution is 0.280. The second kappa shape index (κ2) is 11.2. The summed E-state index contributed by atoms with van der Waals surface area (Å²) in [6, 6.07) is 16.4. The van der Waals surface area contributed by atoms with Crippen LogP contribution in [0, 0.1) is 0 Å². The lowest BCUT2D eigenvalue weighted by Gasteiger charge is -2.25. The standard InChI is InChI=1S/C25H28BrN5O3/c1-4-5-14-34-25-28-23(24-27-22(26)17-31(24)29-25)30(15-18-6-10-20(32-2)11-7-18)16-19-8-12-21(33-3)13-9-19/h6-13,17H,4-5,14-16H2,1-3H3. The first-order valence-electron chi connectivity index (χ1n) is 11.2. The summed E-state index contributed by atoms with van der Waals surface area (Å²) in [5, 5.41) is 4.50. The van der Waals surface area contributed by atoms with Crippen LogP contribution in [0.15, 0.2) is 59.3 Å². The van der Waals surface area contributed by atoms with Gasteiger partial charge >= 0.3 is 6.01 Å². The van der Waals surface area contributed by atoms with Gasteiger partial charge in [-0.1, -0.05) is 37.6 Å². The Balaban J connectivity index is 1.73. The van der Waals surface area contributed by atoms with E-state index in [2.05, 4.69) is 62.1 Å². The van der Waals surface area contributed by atoms with Crippen LogP contribution in [0.4, 0.5) is 5.82 Å². The van der Waals surface area contributed by atoms with Gasteiger partial charge in [-0.25, -0.2) is 9.50 Å². The van der Waals surface area contributed by atoms with Crippen molar-refractivity contribution in [3.8, 4) is 17.5 Å². The van der Waals surface area contributed by atoms with Crippen LogP contribution >= 0.6 is 15.9 Å². The number of halogens is 1. The van der Waals surface area contributed by atoms with E-state index in [9.17, 15) is 0 Å². The first-order valence-corrected chi connectivity index (χ1v) is 12.0. The van der Waals surface area contributed by atoms with E-state index < -0.39 is 0 Å². The molecule has 0 unspecified atom stereocenters. The number of fused-ring (bicyclic) bond motifs is 1. The van der Waals surface area contributed by atoms with E-state index in [0.717, 1.165) is 35.5 Å². The third-order valence-corrected chi connectivity index (χ3v) is 5.73. The number of hydrogen-bond acceptors (Lipinski definition) is 7. The molecule has 0 fully saturated rings. The van der Waals surface area contributed by atoms with Crippen LogP contribution in [-0.4, -0.2) is 40.4 Å². The monoisotopic (exact) mass is 525 g/mol. The molecule has 0 amide bonds. The Hall–Kier alpha value is -3.33. The number of benzene rings is 2. The van der Waals surface area contributed by atoms with Crippen molar-refractivity contribution in [2.45, 2.75) is 32.9 Å². The summed E-state index contributed by atoms with van der Waals surface area (Å²) in [7, 11) is 3.33. The van der Waals surface area contributed by atoms with E-state index in [1.165, 1.54) is 0 Å². The van der Waals surface area contributed by atoms with Gasteiger partial charge in [-0.05, 0) is 57.7 Å². The van der Waals surface area contributed by atoms with Gasteiger partial charge in [0.15, 0.2) is 11.5 Å². The Labute approximate surface area is 207 Å². The number of unbranched alkanes of at least 4 members (excludes halogenated alkanes) is 1. The molecule has 2 aromatic carbocycles. The normalized spacial score (nSPS) is 10.9. The Kier molecular flexibility index (Phi) is 7.84. The topological polar surface area (TPSA) is 74.0 Å².